The fourth-order valence-corrected chi connectivity index (χ4v) is 7.08. The summed E-state index contributed by atoms with van der Waals surface area (Å²) in [5.41, 5.74) is 0.934. The molecule has 2 fully saturated rings. The van der Waals surface area contributed by atoms with Gasteiger partial charge in [-0.3, -0.25) is 4.72 Å². The summed E-state index contributed by atoms with van der Waals surface area (Å²) in [7, 11) is -3.38. The van der Waals surface area contributed by atoms with E-state index in [4.69, 9.17) is 27.9 Å². The molecule has 1 N–H and O–H groups in total. The Labute approximate surface area is 213 Å². The maximum absolute atomic E-state index is 13.0. The number of halogens is 2. The SMILES string of the molecule is C=CCOc1cc(Cl)c(Cl)cc1C(NSC(C)(C)C)C1CCN(S(=O)(=O)N2CCCC2)CC1. The van der Waals surface area contributed by atoms with Gasteiger partial charge >= 0.3 is 0 Å². The molecule has 1 atom stereocenters. The van der Waals surface area contributed by atoms with Gasteiger partial charge in [-0.2, -0.15) is 17.0 Å². The monoisotopic (exact) mass is 535 g/mol. The molecule has 0 radical (unpaired) electrons. The molecule has 2 aliphatic rings. The van der Waals surface area contributed by atoms with Crippen LogP contribution in [0.25, 0.3) is 0 Å². The Morgan fingerprint density at radius 1 is 1.15 bits per heavy atom. The first-order chi connectivity index (χ1) is 15.5. The molecule has 0 aliphatic carbocycles. The number of rotatable bonds is 9. The highest BCUT2D eigenvalue weighted by Gasteiger charge is 2.37. The zero-order chi connectivity index (χ0) is 24.2. The van der Waals surface area contributed by atoms with E-state index in [2.05, 4.69) is 32.1 Å². The Hall–Kier alpha value is -0.480. The van der Waals surface area contributed by atoms with Crippen LogP contribution in [0.1, 0.15) is 58.1 Å². The van der Waals surface area contributed by atoms with Crippen LogP contribution in [0.3, 0.4) is 0 Å². The average molecular weight is 537 g/mol. The number of hydrogen-bond donors (Lipinski definition) is 1. The zero-order valence-electron chi connectivity index (χ0n) is 19.6. The smallest absolute Gasteiger partial charge is 0.281 e. The predicted octanol–water partition coefficient (Wildman–Crippen LogP) is 5.69. The van der Waals surface area contributed by atoms with Gasteiger partial charge in [0.2, 0.25) is 0 Å². The molecule has 0 aromatic heterocycles. The standard InChI is InChI=1S/C23H35Cl2N3O3S2/c1-5-14-31-21-16-20(25)19(24)15-18(21)22(26-32-23(2,3)4)17-8-12-28(13-9-17)33(29,30)27-10-6-7-11-27/h5,15-17,22,26H,1,6-14H2,2-4H3. The van der Waals surface area contributed by atoms with Crippen molar-refractivity contribution in [2.75, 3.05) is 32.8 Å². The molecule has 0 spiro atoms. The summed E-state index contributed by atoms with van der Waals surface area (Å²) in [6, 6.07) is 3.56. The summed E-state index contributed by atoms with van der Waals surface area (Å²) in [6.07, 6.45) is 5.07. The molecule has 1 unspecified atom stereocenters. The van der Waals surface area contributed by atoms with Gasteiger partial charge in [0.25, 0.3) is 10.2 Å². The lowest BCUT2D eigenvalue weighted by Gasteiger charge is -2.38. The van der Waals surface area contributed by atoms with Crippen LogP contribution in [0, 0.1) is 5.92 Å². The fraction of sp³-hybridized carbons (Fsp3) is 0.652. The second-order valence-electron chi connectivity index (χ2n) is 9.56. The molecule has 6 nitrogen and oxygen atoms in total. The number of ether oxygens (including phenoxy) is 1. The van der Waals surface area contributed by atoms with E-state index in [1.165, 1.54) is 0 Å². The van der Waals surface area contributed by atoms with Crippen LogP contribution in [0.4, 0.5) is 0 Å². The van der Waals surface area contributed by atoms with Gasteiger partial charge in [-0.25, -0.2) is 0 Å². The van der Waals surface area contributed by atoms with Crippen molar-refractivity contribution in [3.05, 3.63) is 40.4 Å². The third-order valence-electron chi connectivity index (χ3n) is 5.92. The van der Waals surface area contributed by atoms with Crippen molar-refractivity contribution in [2.24, 2.45) is 5.92 Å². The summed E-state index contributed by atoms with van der Waals surface area (Å²) in [4.78, 5) is 0. The molecule has 33 heavy (non-hydrogen) atoms. The third-order valence-corrected chi connectivity index (χ3v) is 9.67. The second kappa shape index (κ2) is 11.5. The normalized spacial score (nSPS) is 20.2. The number of nitrogens with one attached hydrogen (secondary N) is 1. The lowest BCUT2D eigenvalue weighted by Crippen LogP contribution is -2.47. The Morgan fingerprint density at radius 3 is 2.30 bits per heavy atom. The summed E-state index contributed by atoms with van der Waals surface area (Å²) in [6.45, 7) is 12.8. The summed E-state index contributed by atoms with van der Waals surface area (Å²) in [5.74, 6) is 0.886. The highest BCUT2D eigenvalue weighted by atomic mass is 35.5. The minimum atomic E-state index is -3.38. The van der Waals surface area contributed by atoms with E-state index in [-0.39, 0.29) is 16.7 Å². The van der Waals surface area contributed by atoms with E-state index in [0.717, 1.165) is 31.2 Å². The van der Waals surface area contributed by atoms with Crippen molar-refractivity contribution in [2.45, 2.75) is 57.2 Å². The summed E-state index contributed by atoms with van der Waals surface area (Å²) >= 11 is 14.4. The lowest BCUT2D eigenvalue weighted by molar-refractivity contribution is 0.226. The molecule has 0 amide bonds. The van der Waals surface area contributed by atoms with Crippen LogP contribution in [0.5, 0.6) is 5.75 Å². The first kappa shape index (κ1) is 27.1. The molecule has 0 bridgehead atoms. The van der Waals surface area contributed by atoms with Gasteiger partial charge < -0.3 is 4.74 Å². The Morgan fingerprint density at radius 2 is 1.73 bits per heavy atom. The molecule has 0 saturated carbocycles. The maximum atomic E-state index is 13.0. The van der Waals surface area contributed by atoms with Gasteiger partial charge in [0.1, 0.15) is 12.4 Å². The van der Waals surface area contributed by atoms with Gasteiger partial charge in [-0.15, -0.1) is 0 Å². The second-order valence-corrected chi connectivity index (χ2v) is 14.0. The van der Waals surface area contributed by atoms with Crippen molar-refractivity contribution in [3.63, 3.8) is 0 Å². The van der Waals surface area contributed by atoms with Gasteiger partial charge in [-0.05, 0) is 58.4 Å². The molecule has 1 aromatic rings. The summed E-state index contributed by atoms with van der Waals surface area (Å²) in [5, 5.41) is 0.910. The van der Waals surface area contributed by atoms with Crippen molar-refractivity contribution in [1.82, 2.24) is 13.3 Å². The molecule has 186 valence electrons. The maximum Gasteiger partial charge on any atom is 0.281 e. The molecule has 10 heteroatoms. The van der Waals surface area contributed by atoms with Crippen LogP contribution < -0.4 is 9.46 Å². The van der Waals surface area contributed by atoms with Gasteiger partial charge in [0.15, 0.2) is 0 Å². The van der Waals surface area contributed by atoms with Gasteiger partial charge in [0.05, 0.1) is 10.0 Å². The molecule has 2 heterocycles. The average Bonchev–Trinajstić information content (AvgIpc) is 3.30. The Bertz CT molecular complexity index is 924. The van der Waals surface area contributed by atoms with Gasteiger partial charge in [0, 0.05) is 48.6 Å². The number of hydrogen-bond acceptors (Lipinski definition) is 5. The molecular formula is C23H35Cl2N3O3S2. The highest BCUT2D eigenvalue weighted by molar-refractivity contribution is 7.98. The lowest BCUT2D eigenvalue weighted by atomic mass is 9.86. The summed E-state index contributed by atoms with van der Waals surface area (Å²) < 4.78 is 38.9. The van der Waals surface area contributed by atoms with Crippen molar-refractivity contribution in [1.29, 1.82) is 0 Å². The molecule has 3 rings (SSSR count). The number of nitrogens with zero attached hydrogens (tertiary/aromatic N) is 2. The van der Waals surface area contributed by atoms with E-state index >= 15 is 0 Å². The van der Waals surface area contributed by atoms with Crippen LogP contribution >= 0.6 is 35.1 Å². The van der Waals surface area contributed by atoms with Crippen LogP contribution in [-0.2, 0) is 10.2 Å². The van der Waals surface area contributed by atoms with Crippen molar-refractivity contribution < 1.29 is 13.2 Å². The van der Waals surface area contributed by atoms with Crippen molar-refractivity contribution >= 4 is 45.4 Å². The van der Waals surface area contributed by atoms with Crippen LogP contribution in [-0.4, -0.2) is 54.6 Å². The van der Waals surface area contributed by atoms with Crippen LogP contribution in [0.2, 0.25) is 10.0 Å². The molecule has 2 aliphatic heterocycles. The van der Waals surface area contributed by atoms with Crippen LogP contribution in [0.15, 0.2) is 24.8 Å². The zero-order valence-corrected chi connectivity index (χ0v) is 22.8. The number of piperidine rings is 1. The molecule has 2 saturated heterocycles. The predicted molar refractivity (Wildman–Crippen MR) is 139 cm³/mol. The first-order valence-electron chi connectivity index (χ1n) is 11.4. The molecule has 1 aromatic carbocycles. The molecular weight excluding hydrogens is 501 g/mol. The van der Waals surface area contributed by atoms with E-state index in [9.17, 15) is 8.42 Å². The van der Waals surface area contributed by atoms with E-state index in [1.54, 1.807) is 32.7 Å². The van der Waals surface area contributed by atoms with Gasteiger partial charge in [-0.1, -0.05) is 47.8 Å². The van der Waals surface area contributed by atoms with E-state index in [0.29, 0.717) is 48.6 Å². The largest absolute Gasteiger partial charge is 0.489 e. The minimum absolute atomic E-state index is 0.00357. The van der Waals surface area contributed by atoms with E-state index < -0.39 is 10.2 Å². The van der Waals surface area contributed by atoms with E-state index in [1.807, 2.05) is 6.07 Å². The number of benzene rings is 1. The fourth-order valence-electron chi connectivity index (χ4n) is 4.24. The third kappa shape index (κ3) is 7.03. The Kier molecular flexibility index (Phi) is 9.45. The topological polar surface area (TPSA) is 61.9 Å². The quantitative estimate of drug-likeness (QED) is 0.325. The Balaban J connectivity index is 1.83. The first-order valence-corrected chi connectivity index (χ1v) is 14.4. The minimum Gasteiger partial charge on any atom is -0.489 e. The highest BCUT2D eigenvalue weighted by Crippen LogP contribution is 2.42. The van der Waals surface area contributed by atoms with Crippen molar-refractivity contribution in [3.8, 4) is 5.75 Å².